The minimum absolute atomic E-state index is 0.0386. The van der Waals surface area contributed by atoms with E-state index in [9.17, 15) is 44.3 Å². The van der Waals surface area contributed by atoms with Gasteiger partial charge in [0.05, 0.1) is 28.4 Å². The van der Waals surface area contributed by atoms with Crippen LogP contribution in [-0.4, -0.2) is 9.55 Å². The van der Waals surface area contributed by atoms with Crippen LogP contribution in [0.25, 0.3) is 17.1 Å². The van der Waals surface area contributed by atoms with Crippen molar-refractivity contribution in [2.24, 2.45) is 0 Å². The standard InChI is InChI=1S/C20H9F9N4O/c21-18(22,23)10-3-6-12(13(7-10)19(24,25)26)16-32-15(20(27,28)29)14(31)17(34)33(16)11-4-1-9(8-30)2-5-11/h1-7H,31H2. The normalized spacial score (nSPS) is 12.5. The minimum Gasteiger partial charge on any atom is -0.392 e. The van der Waals surface area contributed by atoms with E-state index in [0.717, 1.165) is 24.3 Å². The molecule has 0 saturated heterocycles. The highest BCUT2D eigenvalue weighted by Crippen LogP contribution is 2.41. The first-order valence-electron chi connectivity index (χ1n) is 8.84. The van der Waals surface area contributed by atoms with Crippen LogP contribution in [0.3, 0.4) is 0 Å². The monoisotopic (exact) mass is 492 g/mol. The van der Waals surface area contributed by atoms with Gasteiger partial charge in [-0.15, -0.1) is 0 Å². The number of aromatic nitrogens is 2. The van der Waals surface area contributed by atoms with E-state index in [-0.39, 0.29) is 29.4 Å². The molecule has 2 aromatic carbocycles. The summed E-state index contributed by atoms with van der Waals surface area (Å²) in [7, 11) is 0. The number of nitrogens with two attached hydrogens (primary N) is 1. The average Bonchev–Trinajstić information content (AvgIpc) is 2.73. The molecule has 0 aliphatic rings. The second-order valence-electron chi connectivity index (χ2n) is 6.75. The Balaban J connectivity index is 2.49. The fourth-order valence-electron chi connectivity index (χ4n) is 3.01. The van der Waals surface area contributed by atoms with Crippen LogP contribution in [-0.2, 0) is 18.5 Å². The van der Waals surface area contributed by atoms with Gasteiger partial charge in [-0.3, -0.25) is 9.36 Å². The van der Waals surface area contributed by atoms with E-state index in [4.69, 9.17) is 11.0 Å². The summed E-state index contributed by atoms with van der Waals surface area (Å²) in [6.45, 7) is 0. The van der Waals surface area contributed by atoms with Gasteiger partial charge in [0.15, 0.2) is 5.69 Å². The quantitative estimate of drug-likeness (QED) is 0.485. The van der Waals surface area contributed by atoms with Crippen molar-refractivity contribution in [3.63, 3.8) is 0 Å². The average molecular weight is 492 g/mol. The molecule has 0 radical (unpaired) electrons. The zero-order valence-electron chi connectivity index (χ0n) is 16.3. The van der Waals surface area contributed by atoms with Crippen molar-refractivity contribution in [1.82, 2.24) is 9.55 Å². The summed E-state index contributed by atoms with van der Waals surface area (Å²) in [6.07, 6.45) is -16.0. The number of rotatable bonds is 2. The van der Waals surface area contributed by atoms with Crippen LogP contribution in [0, 0.1) is 11.3 Å². The third kappa shape index (κ3) is 4.54. The Morgan fingerprint density at radius 1 is 0.853 bits per heavy atom. The van der Waals surface area contributed by atoms with E-state index in [1.54, 1.807) is 6.07 Å². The molecule has 5 nitrogen and oxygen atoms in total. The minimum atomic E-state index is -5.47. The third-order valence-corrected chi connectivity index (χ3v) is 4.53. The van der Waals surface area contributed by atoms with Crippen molar-refractivity contribution in [2.45, 2.75) is 18.5 Å². The Kier molecular flexibility index (Phi) is 5.85. The number of hydrogen-bond acceptors (Lipinski definition) is 4. The predicted molar refractivity (Wildman–Crippen MR) is 99.4 cm³/mol. The maximum absolute atomic E-state index is 13.7. The number of nitrogens with zero attached hydrogens (tertiary/aromatic N) is 3. The van der Waals surface area contributed by atoms with Crippen LogP contribution < -0.4 is 11.3 Å². The van der Waals surface area contributed by atoms with Crippen LogP contribution in [0.15, 0.2) is 47.3 Å². The molecule has 0 aliphatic carbocycles. The van der Waals surface area contributed by atoms with E-state index < -0.39 is 58.0 Å². The van der Waals surface area contributed by atoms with E-state index in [2.05, 4.69) is 4.98 Å². The van der Waals surface area contributed by atoms with Crippen molar-refractivity contribution >= 4 is 5.69 Å². The summed E-state index contributed by atoms with van der Waals surface area (Å²) in [5.74, 6) is -1.25. The Morgan fingerprint density at radius 3 is 1.91 bits per heavy atom. The highest BCUT2D eigenvalue weighted by molar-refractivity contribution is 5.67. The second kappa shape index (κ2) is 8.08. The maximum Gasteiger partial charge on any atom is 0.435 e. The SMILES string of the molecule is N#Cc1ccc(-n2c(-c3ccc(C(F)(F)F)cc3C(F)(F)F)nc(C(F)(F)F)c(N)c2=O)cc1. The van der Waals surface area contributed by atoms with Crippen molar-refractivity contribution in [3.05, 3.63) is 75.2 Å². The molecule has 1 heterocycles. The van der Waals surface area contributed by atoms with Gasteiger partial charge in [0, 0.05) is 5.56 Å². The molecule has 2 N–H and O–H groups in total. The van der Waals surface area contributed by atoms with E-state index >= 15 is 0 Å². The lowest BCUT2D eigenvalue weighted by atomic mass is 10.0. The van der Waals surface area contributed by atoms with Crippen LogP contribution in [0.2, 0.25) is 0 Å². The molecule has 178 valence electrons. The molecule has 14 heteroatoms. The molecule has 3 rings (SSSR count). The van der Waals surface area contributed by atoms with Gasteiger partial charge in [-0.1, -0.05) is 6.07 Å². The van der Waals surface area contributed by atoms with E-state index in [0.29, 0.717) is 4.57 Å². The lowest BCUT2D eigenvalue weighted by Gasteiger charge is -2.20. The molecular formula is C20H9F9N4O. The number of benzene rings is 2. The van der Waals surface area contributed by atoms with Crippen LogP contribution in [0.1, 0.15) is 22.4 Å². The zero-order valence-corrected chi connectivity index (χ0v) is 16.3. The molecule has 0 amide bonds. The van der Waals surface area contributed by atoms with E-state index in [1.807, 2.05) is 0 Å². The molecule has 3 aromatic rings. The molecule has 0 bridgehead atoms. The summed E-state index contributed by atoms with van der Waals surface area (Å²) in [5.41, 5.74) is -5.01. The Morgan fingerprint density at radius 2 is 1.44 bits per heavy atom. The maximum atomic E-state index is 13.7. The Hall–Kier alpha value is -4.02. The summed E-state index contributed by atoms with van der Waals surface area (Å²) in [4.78, 5) is 15.9. The highest BCUT2D eigenvalue weighted by atomic mass is 19.4. The van der Waals surface area contributed by atoms with Crippen molar-refractivity contribution < 1.29 is 39.5 Å². The first kappa shape index (κ1) is 24.6. The van der Waals surface area contributed by atoms with Crippen LogP contribution in [0.5, 0.6) is 0 Å². The number of nitriles is 1. The van der Waals surface area contributed by atoms with Gasteiger partial charge in [-0.25, -0.2) is 4.98 Å². The van der Waals surface area contributed by atoms with Crippen molar-refractivity contribution in [3.8, 4) is 23.1 Å². The molecule has 0 unspecified atom stereocenters. The predicted octanol–water partition coefficient (Wildman–Crippen LogP) is 5.41. The first-order valence-corrected chi connectivity index (χ1v) is 8.84. The number of nitrogen functional groups attached to an aromatic ring is 1. The molecule has 34 heavy (non-hydrogen) atoms. The second-order valence-corrected chi connectivity index (χ2v) is 6.75. The third-order valence-electron chi connectivity index (χ3n) is 4.53. The summed E-state index contributed by atoms with van der Waals surface area (Å²) in [6, 6.07) is 6.17. The van der Waals surface area contributed by atoms with Gasteiger partial charge in [-0.05, 0) is 36.4 Å². The summed E-state index contributed by atoms with van der Waals surface area (Å²) < 4.78 is 121. The Labute approximate surface area is 183 Å². The number of alkyl halides is 9. The van der Waals surface area contributed by atoms with Gasteiger partial charge >= 0.3 is 18.5 Å². The van der Waals surface area contributed by atoms with Gasteiger partial charge in [0.25, 0.3) is 5.56 Å². The van der Waals surface area contributed by atoms with Gasteiger partial charge in [0.2, 0.25) is 0 Å². The fraction of sp³-hybridized carbons (Fsp3) is 0.150. The van der Waals surface area contributed by atoms with Gasteiger partial charge < -0.3 is 5.73 Å². The van der Waals surface area contributed by atoms with Gasteiger partial charge in [0.1, 0.15) is 11.5 Å². The number of hydrogen-bond donors (Lipinski definition) is 1. The fourth-order valence-corrected chi connectivity index (χ4v) is 3.01. The Bertz CT molecular complexity index is 1350. The van der Waals surface area contributed by atoms with Crippen molar-refractivity contribution in [2.75, 3.05) is 5.73 Å². The molecular weight excluding hydrogens is 483 g/mol. The first-order chi connectivity index (χ1) is 15.6. The van der Waals surface area contributed by atoms with Crippen LogP contribution >= 0.6 is 0 Å². The topological polar surface area (TPSA) is 84.7 Å². The largest absolute Gasteiger partial charge is 0.435 e. The van der Waals surface area contributed by atoms with E-state index in [1.165, 1.54) is 0 Å². The lowest BCUT2D eigenvalue weighted by molar-refractivity contribution is -0.142. The highest BCUT2D eigenvalue weighted by Gasteiger charge is 2.41. The molecule has 1 aromatic heterocycles. The summed E-state index contributed by atoms with van der Waals surface area (Å²) in [5, 5.41) is 8.88. The van der Waals surface area contributed by atoms with Gasteiger partial charge in [-0.2, -0.15) is 44.8 Å². The summed E-state index contributed by atoms with van der Waals surface area (Å²) >= 11 is 0. The number of halogens is 9. The molecule has 0 atom stereocenters. The molecule has 0 aliphatic heterocycles. The zero-order chi connectivity index (χ0) is 25.6. The smallest absolute Gasteiger partial charge is 0.392 e. The lowest BCUT2D eigenvalue weighted by Crippen LogP contribution is -2.30. The molecule has 0 fully saturated rings. The number of anilines is 1. The molecule has 0 saturated carbocycles. The van der Waals surface area contributed by atoms with Crippen molar-refractivity contribution in [1.29, 1.82) is 5.26 Å². The molecule has 0 spiro atoms. The van der Waals surface area contributed by atoms with Crippen LogP contribution in [0.4, 0.5) is 45.2 Å².